The van der Waals surface area contributed by atoms with E-state index >= 15 is 0 Å². The number of amides is 3. The highest BCUT2D eigenvalue weighted by molar-refractivity contribution is 7.86. The lowest BCUT2D eigenvalue weighted by Gasteiger charge is -2.31. The van der Waals surface area contributed by atoms with Crippen molar-refractivity contribution in [1.29, 1.82) is 0 Å². The molecule has 0 bridgehead atoms. The summed E-state index contributed by atoms with van der Waals surface area (Å²) in [5.41, 5.74) is 2.78. The Morgan fingerprint density at radius 3 is 2.34 bits per heavy atom. The van der Waals surface area contributed by atoms with E-state index in [-0.39, 0.29) is 11.9 Å². The van der Waals surface area contributed by atoms with Crippen molar-refractivity contribution in [2.45, 2.75) is 58.5 Å². The van der Waals surface area contributed by atoms with Gasteiger partial charge in [-0.3, -0.25) is 23.5 Å². The van der Waals surface area contributed by atoms with Crippen molar-refractivity contribution in [3.8, 4) is 0 Å². The smallest absolute Gasteiger partial charge is 0.243 e. The maximum absolute atomic E-state index is 13.3. The van der Waals surface area contributed by atoms with Crippen molar-refractivity contribution in [2.24, 2.45) is 0 Å². The second-order valence-electron chi connectivity index (χ2n) is 9.00. The SMILES string of the molecule is Cc1ccc(N(C(=O)C[S@@](=O)CC(=O)Nc2ccc(F)cc2)[C@H](C)C(=O)NC2CCCC2)c(C)c1. The van der Waals surface area contributed by atoms with E-state index in [0.29, 0.717) is 11.4 Å². The molecule has 0 saturated heterocycles. The third kappa shape index (κ3) is 7.45. The summed E-state index contributed by atoms with van der Waals surface area (Å²) in [5, 5.41) is 5.58. The van der Waals surface area contributed by atoms with Crippen LogP contribution in [-0.4, -0.2) is 45.5 Å². The number of hydrogen-bond acceptors (Lipinski definition) is 4. The Hall–Kier alpha value is -3.07. The summed E-state index contributed by atoms with van der Waals surface area (Å²) in [6.45, 7) is 5.46. The summed E-state index contributed by atoms with van der Waals surface area (Å²) < 4.78 is 25.7. The fourth-order valence-electron chi connectivity index (χ4n) is 4.28. The van der Waals surface area contributed by atoms with E-state index in [1.807, 2.05) is 26.0 Å². The zero-order chi connectivity index (χ0) is 25.5. The highest BCUT2D eigenvalue weighted by Gasteiger charge is 2.31. The molecular formula is C26H32FN3O4S. The van der Waals surface area contributed by atoms with Gasteiger partial charge < -0.3 is 10.6 Å². The van der Waals surface area contributed by atoms with Gasteiger partial charge in [-0.2, -0.15) is 0 Å². The van der Waals surface area contributed by atoms with Gasteiger partial charge in [0.2, 0.25) is 17.7 Å². The van der Waals surface area contributed by atoms with Gasteiger partial charge in [0.1, 0.15) is 23.4 Å². The topological polar surface area (TPSA) is 95.6 Å². The van der Waals surface area contributed by atoms with E-state index < -0.39 is 46.0 Å². The molecule has 2 N–H and O–H groups in total. The Bertz CT molecular complexity index is 1100. The number of carbonyl (C=O) groups is 3. The predicted molar refractivity (Wildman–Crippen MR) is 136 cm³/mol. The van der Waals surface area contributed by atoms with Gasteiger partial charge in [-0.1, -0.05) is 30.5 Å². The Kier molecular flexibility index (Phi) is 9.14. The van der Waals surface area contributed by atoms with Gasteiger partial charge in [0.15, 0.2) is 0 Å². The van der Waals surface area contributed by atoms with Crippen LogP contribution in [0.2, 0.25) is 0 Å². The lowest BCUT2D eigenvalue weighted by Crippen LogP contribution is -2.51. The minimum absolute atomic E-state index is 0.102. The minimum Gasteiger partial charge on any atom is -0.352 e. The van der Waals surface area contributed by atoms with Crippen LogP contribution in [0.1, 0.15) is 43.7 Å². The first-order valence-electron chi connectivity index (χ1n) is 11.7. The van der Waals surface area contributed by atoms with Crippen molar-refractivity contribution in [2.75, 3.05) is 21.7 Å². The third-order valence-electron chi connectivity index (χ3n) is 6.05. The number of anilines is 2. The van der Waals surface area contributed by atoms with Crippen molar-refractivity contribution in [3.63, 3.8) is 0 Å². The molecule has 7 nitrogen and oxygen atoms in total. The Morgan fingerprint density at radius 2 is 1.71 bits per heavy atom. The molecular weight excluding hydrogens is 469 g/mol. The van der Waals surface area contributed by atoms with Crippen LogP contribution in [-0.2, 0) is 25.2 Å². The van der Waals surface area contributed by atoms with Gasteiger partial charge >= 0.3 is 0 Å². The van der Waals surface area contributed by atoms with Crippen LogP contribution < -0.4 is 15.5 Å². The average molecular weight is 502 g/mol. The molecule has 3 rings (SSSR count). The maximum Gasteiger partial charge on any atom is 0.243 e. The lowest BCUT2D eigenvalue weighted by molar-refractivity contribution is -0.125. The van der Waals surface area contributed by atoms with Crippen LogP contribution in [0, 0.1) is 19.7 Å². The molecule has 2 aromatic carbocycles. The van der Waals surface area contributed by atoms with Crippen LogP contribution in [0.15, 0.2) is 42.5 Å². The molecule has 0 aromatic heterocycles. The molecule has 35 heavy (non-hydrogen) atoms. The normalized spacial score (nSPS) is 15.3. The highest BCUT2D eigenvalue weighted by atomic mass is 32.2. The molecule has 0 unspecified atom stereocenters. The first kappa shape index (κ1) is 26.5. The number of halogens is 1. The summed E-state index contributed by atoms with van der Waals surface area (Å²) >= 11 is 0. The van der Waals surface area contributed by atoms with Crippen molar-refractivity contribution in [3.05, 3.63) is 59.4 Å². The van der Waals surface area contributed by atoms with Crippen molar-refractivity contribution < 1.29 is 23.0 Å². The molecule has 1 saturated carbocycles. The first-order valence-corrected chi connectivity index (χ1v) is 13.2. The van der Waals surface area contributed by atoms with E-state index in [1.165, 1.54) is 29.2 Å². The molecule has 0 spiro atoms. The highest BCUT2D eigenvalue weighted by Crippen LogP contribution is 2.25. The number of carbonyl (C=O) groups excluding carboxylic acids is 3. The standard InChI is InChI=1S/C26H32FN3O4S/c1-17-8-13-23(18(2)14-17)30(19(3)26(33)29-21-6-4-5-7-21)25(32)16-35(34)15-24(31)28-22-11-9-20(27)10-12-22/h8-14,19,21H,4-7,15-16H2,1-3H3,(H,28,31)(H,29,33)/t19-,35+/m1/s1. The monoisotopic (exact) mass is 501 g/mol. The number of rotatable bonds is 9. The number of benzene rings is 2. The molecule has 2 atom stereocenters. The molecule has 0 radical (unpaired) electrons. The second kappa shape index (κ2) is 12.1. The van der Waals surface area contributed by atoms with Crippen LogP contribution >= 0.6 is 0 Å². The van der Waals surface area contributed by atoms with E-state index in [9.17, 15) is 23.0 Å². The maximum atomic E-state index is 13.3. The minimum atomic E-state index is -1.81. The molecule has 0 heterocycles. The molecule has 3 amide bonds. The third-order valence-corrected chi connectivity index (χ3v) is 7.21. The number of hydrogen-bond donors (Lipinski definition) is 2. The van der Waals surface area contributed by atoms with Gasteiger partial charge in [0.05, 0.1) is 0 Å². The van der Waals surface area contributed by atoms with E-state index in [0.717, 1.165) is 36.8 Å². The fraction of sp³-hybridized carbons (Fsp3) is 0.423. The van der Waals surface area contributed by atoms with Crippen LogP contribution in [0.5, 0.6) is 0 Å². The zero-order valence-electron chi connectivity index (χ0n) is 20.3. The Labute approximate surface area is 207 Å². The van der Waals surface area contributed by atoms with Crippen LogP contribution in [0.4, 0.5) is 15.8 Å². The van der Waals surface area contributed by atoms with Crippen molar-refractivity contribution in [1.82, 2.24) is 5.32 Å². The van der Waals surface area contributed by atoms with E-state index in [4.69, 9.17) is 0 Å². The second-order valence-corrected chi connectivity index (χ2v) is 10.5. The van der Waals surface area contributed by atoms with Gasteiger partial charge in [-0.25, -0.2) is 4.39 Å². The average Bonchev–Trinajstić information content (AvgIpc) is 3.29. The fourth-order valence-corrected chi connectivity index (χ4v) is 5.16. The Morgan fingerprint density at radius 1 is 1.06 bits per heavy atom. The summed E-state index contributed by atoms with van der Waals surface area (Å²) in [5.74, 6) is -2.55. The van der Waals surface area contributed by atoms with Gasteiger partial charge in [-0.05, 0) is 69.5 Å². The van der Waals surface area contributed by atoms with Crippen LogP contribution in [0.3, 0.4) is 0 Å². The lowest BCUT2D eigenvalue weighted by atomic mass is 10.1. The first-order chi connectivity index (χ1) is 16.6. The number of nitrogens with one attached hydrogen (secondary N) is 2. The van der Waals surface area contributed by atoms with Gasteiger partial charge in [-0.15, -0.1) is 0 Å². The largest absolute Gasteiger partial charge is 0.352 e. The molecule has 1 aliphatic rings. The molecule has 1 fully saturated rings. The number of aryl methyl sites for hydroxylation is 2. The quantitative estimate of drug-likeness (QED) is 0.549. The molecule has 2 aromatic rings. The molecule has 9 heteroatoms. The summed E-state index contributed by atoms with van der Waals surface area (Å²) in [6.07, 6.45) is 3.97. The van der Waals surface area contributed by atoms with Crippen LogP contribution in [0.25, 0.3) is 0 Å². The van der Waals surface area contributed by atoms with Gasteiger partial charge in [0, 0.05) is 28.2 Å². The summed E-state index contributed by atoms with van der Waals surface area (Å²) in [7, 11) is -1.81. The molecule has 1 aliphatic carbocycles. The Balaban J connectivity index is 1.71. The van der Waals surface area contributed by atoms with E-state index in [2.05, 4.69) is 10.6 Å². The molecule has 188 valence electrons. The number of nitrogens with zero attached hydrogens (tertiary/aromatic N) is 1. The van der Waals surface area contributed by atoms with Gasteiger partial charge in [0.25, 0.3) is 0 Å². The summed E-state index contributed by atoms with van der Waals surface area (Å²) in [4.78, 5) is 40.0. The zero-order valence-corrected chi connectivity index (χ0v) is 21.1. The van der Waals surface area contributed by atoms with E-state index in [1.54, 1.807) is 13.0 Å². The van der Waals surface area contributed by atoms with Crippen molar-refractivity contribution >= 4 is 39.9 Å². The summed E-state index contributed by atoms with van der Waals surface area (Å²) in [6, 6.07) is 10.1. The predicted octanol–water partition coefficient (Wildman–Crippen LogP) is 3.61. The molecule has 0 aliphatic heterocycles.